The van der Waals surface area contributed by atoms with E-state index < -0.39 is 0 Å². The maximum absolute atomic E-state index is 6.01. The summed E-state index contributed by atoms with van der Waals surface area (Å²) < 4.78 is 0. The molecule has 1 heterocycles. The first-order valence-corrected chi connectivity index (χ1v) is 4.62. The molecule has 0 fully saturated rings. The van der Waals surface area contributed by atoms with Crippen molar-refractivity contribution in [2.75, 3.05) is 5.73 Å². The highest BCUT2D eigenvalue weighted by atomic mass is 35.5. The molecular formula is C11H9ClN2. The van der Waals surface area contributed by atoms with Gasteiger partial charge in [0.15, 0.2) is 0 Å². The lowest BCUT2D eigenvalue weighted by atomic mass is 10.1. The van der Waals surface area contributed by atoms with Crippen LogP contribution in [-0.4, -0.2) is 4.98 Å². The third-order valence-electron chi connectivity index (χ3n) is 1.91. The van der Waals surface area contributed by atoms with Gasteiger partial charge in [-0.1, -0.05) is 41.9 Å². The van der Waals surface area contributed by atoms with E-state index in [1.54, 1.807) is 12.1 Å². The molecule has 0 aliphatic carbocycles. The number of nitrogens with two attached hydrogens (primary N) is 1. The van der Waals surface area contributed by atoms with E-state index in [1.807, 2.05) is 30.3 Å². The second-order valence-corrected chi connectivity index (χ2v) is 3.34. The lowest BCUT2D eigenvalue weighted by molar-refractivity contribution is 1.33. The summed E-state index contributed by atoms with van der Waals surface area (Å²) in [5, 5.41) is 0.616. The highest BCUT2D eigenvalue weighted by Crippen LogP contribution is 2.26. The van der Waals surface area contributed by atoms with E-state index in [2.05, 4.69) is 4.98 Å². The molecule has 0 aliphatic rings. The Labute approximate surface area is 87.4 Å². The van der Waals surface area contributed by atoms with E-state index in [0.717, 1.165) is 11.3 Å². The van der Waals surface area contributed by atoms with Gasteiger partial charge < -0.3 is 5.73 Å². The first kappa shape index (κ1) is 9.03. The second kappa shape index (κ2) is 3.68. The third kappa shape index (κ3) is 1.70. The normalized spacial score (nSPS) is 10.1. The Kier molecular flexibility index (Phi) is 2.37. The standard InChI is InChI=1S/C11H9ClN2/c12-9-6-7-10(13)14-11(9)8-4-2-1-3-5-8/h1-7H,(H2,13,14). The Hall–Kier alpha value is -1.54. The van der Waals surface area contributed by atoms with E-state index in [4.69, 9.17) is 17.3 Å². The van der Waals surface area contributed by atoms with Crippen LogP contribution in [0.4, 0.5) is 5.82 Å². The Morgan fingerprint density at radius 2 is 1.71 bits per heavy atom. The van der Waals surface area contributed by atoms with Crippen LogP contribution in [0.25, 0.3) is 11.3 Å². The fourth-order valence-electron chi connectivity index (χ4n) is 1.26. The summed E-state index contributed by atoms with van der Waals surface area (Å²) in [4.78, 5) is 4.19. The summed E-state index contributed by atoms with van der Waals surface area (Å²) in [6, 6.07) is 13.2. The van der Waals surface area contributed by atoms with Crippen molar-refractivity contribution in [3.63, 3.8) is 0 Å². The highest BCUT2D eigenvalue weighted by molar-refractivity contribution is 6.33. The van der Waals surface area contributed by atoms with Crippen LogP contribution >= 0.6 is 11.6 Å². The summed E-state index contributed by atoms with van der Waals surface area (Å²) in [5.41, 5.74) is 7.30. The molecule has 14 heavy (non-hydrogen) atoms. The largest absolute Gasteiger partial charge is 0.384 e. The minimum atomic E-state index is 0.480. The number of halogens is 1. The minimum absolute atomic E-state index is 0.480. The van der Waals surface area contributed by atoms with Gasteiger partial charge in [-0.2, -0.15) is 0 Å². The molecule has 0 unspecified atom stereocenters. The SMILES string of the molecule is Nc1ccc(Cl)c(-c2ccccc2)n1. The minimum Gasteiger partial charge on any atom is -0.384 e. The van der Waals surface area contributed by atoms with Gasteiger partial charge in [-0.05, 0) is 12.1 Å². The first-order valence-electron chi connectivity index (χ1n) is 4.25. The molecule has 0 radical (unpaired) electrons. The predicted octanol–water partition coefficient (Wildman–Crippen LogP) is 2.98. The third-order valence-corrected chi connectivity index (χ3v) is 2.22. The molecule has 0 amide bonds. The van der Waals surface area contributed by atoms with Gasteiger partial charge in [0.1, 0.15) is 5.82 Å². The molecule has 2 aromatic rings. The number of hydrogen-bond acceptors (Lipinski definition) is 2. The molecule has 2 nitrogen and oxygen atoms in total. The Morgan fingerprint density at radius 1 is 1.00 bits per heavy atom. The number of hydrogen-bond donors (Lipinski definition) is 1. The second-order valence-electron chi connectivity index (χ2n) is 2.93. The number of anilines is 1. The van der Waals surface area contributed by atoms with Gasteiger partial charge in [0.25, 0.3) is 0 Å². The van der Waals surface area contributed by atoms with Gasteiger partial charge >= 0.3 is 0 Å². The lowest BCUT2D eigenvalue weighted by Gasteiger charge is -2.03. The Bertz CT molecular complexity index is 440. The zero-order valence-corrected chi connectivity index (χ0v) is 8.20. The average Bonchev–Trinajstić information content (AvgIpc) is 2.23. The van der Waals surface area contributed by atoms with E-state index >= 15 is 0 Å². The molecular weight excluding hydrogens is 196 g/mol. The zero-order valence-electron chi connectivity index (χ0n) is 7.44. The monoisotopic (exact) mass is 204 g/mol. The molecule has 0 spiro atoms. The van der Waals surface area contributed by atoms with Crippen LogP contribution in [0.2, 0.25) is 5.02 Å². The summed E-state index contributed by atoms with van der Waals surface area (Å²) >= 11 is 6.01. The van der Waals surface area contributed by atoms with Crippen molar-refractivity contribution >= 4 is 17.4 Å². The van der Waals surface area contributed by atoms with Crippen molar-refractivity contribution in [3.05, 3.63) is 47.5 Å². The molecule has 70 valence electrons. The van der Waals surface area contributed by atoms with Crippen LogP contribution in [0.15, 0.2) is 42.5 Å². The van der Waals surface area contributed by atoms with Gasteiger partial charge in [-0.15, -0.1) is 0 Å². The van der Waals surface area contributed by atoms with Gasteiger partial charge in [-0.3, -0.25) is 0 Å². The van der Waals surface area contributed by atoms with Crippen LogP contribution in [0.5, 0.6) is 0 Å². The fourth-order valence-corrected chi connectivity index (χ4v) is 1.47. The summed E-state index contributed by atoms with van der Waals surface area (Å²) in [6.07, 6.45) is 0. The fraction of sp³-hybridized carbons (Fsp3) is 0. The van der Waals surface area contributed by atoms with Crippen molar-refractivity contribution in [1.29, 1.82) is 0 Å². The van der Waals surface area contributed by atoms with E-state index in [0.29, 0.717) is 10.8 Å². The van der Waals surface area contributed by atoms with Crippen molar-refractivity contribution in [1.82, 2.24) is 4.98 Å². The molecule has 1 aromatic heterocycles. The molecule has 2 N–H and O–H groups in total. The number of benzene rings is 1. The lowest BCUT2D eigenvalue weighted by Crippen LogP contribution is -1.92. The van der Waals surface area contributed by atoms with Crippen molar-refractivity contribution in [3.8, 4) is 11.3 Å². The van der Waals surface area contributed by atoms with E-state index in [9.17, 15) is 0 Å². The van der Waals surface area contributed by atoms with Crippen molar-refractivity contribution in [2.45, 2.75) is 0 Å². The van der Waals surface area contributed by atoms with E-state index in [1.165, 1.54) is 0 Å². The maximum atomic E-state index is 6.01. The molecule has 0 bridgehead atoms. The quantitative estimate of drug-likeness (QED) is 0.776. The molecule has 1 aromatic carbocycles. The van der Waals surface area contributed by atoms with Crippen molar-refractivity contribution < 1.29 is 0 Å². The number of pyridine rings is 1. The molecule has 2 rings (SSSR count). The zero-order chi connectivity index (χ0) is 9.97. The van der Waals surface area contributed by atoms with Crippen LogP contribution < -0.4 is 5.73 Å². The van der Waals surface area contributed by atoms with Crippen molar-refractivity contribution in [2.24, 2.45) is 0 Å². The Morgan fingerprint density at radius 3 is 2.43 bits per heavy atom. The molecule has 0 atom stereocenters. The number of nitrogen functional groups attached to an aromatic ring is 1. The van der Waals surface area contributed by atoms with Gasteiger partial charge in [0, 0.05) is 5.56 Å². The van der Waals surface area contributed by atoms with Gasteiger partial charge in [0.2, 0.25) is 0 Å². The molecule has 0 saturated carbocycles. The van der Waals surface area contributed by atoms with E-state index in [-0.39, 0.29) is 0 Å². The number of nitrogens with zero attached hydrogens (tertiary/aromatic N) is 1. The smallest absolute Gasteiger partial charge is 0.124 e. The molecule has 3 heteroatoms. The topological polar surface area (TPSA) is 38.9 Å². The summed E-state index contributed by atoms with van der Waals surface area (Å²) in [6.45, 7) is 0. The Balaban J connectivity index is 2.57. The van der Waals surface area contributed by atoms with Gasteiger partial charge in [0.05, 0.1) is 10.7 Å². The van der Waals surface area contributed by atoms with Crippen LogP contribution in [0.3, 0.4) is 0 Å². The molecule has 0 saturated heterocycles. The number of rotatable bonds is 1. The van der Waals surface area contributed by atoms with Gasteiger partial charge in [-0.25, -0.2) is 4.98 Å². The van der Waals surface area contributed by atoms with Crippen LogP contribution in [0, 0.1) is 0 Å². The maximum Gasteiger partial charge on any atom is 0.124 e. The first-order chi connectivity index (χ1) is 6.77. The molecule has 0 aliphatic heterocycles. The average molecular weight is 205 g/mol. The predicted molar refractivity (Wildman–Crippen MR) is 59.1 cm³/mol. The van der Waals surface area contributed by atoms with Crippen LogP contribution in [0.1, 0.15) is 0 Å². The summed E-state index contributed by atoms with van der Waals surface area (Å²) in [5.74, 6) is 0.480. The highest BCUT2D eigenvalue weighted by Gasteiger charge is 2.04. The number of aromatic nitrogens is 1. The van der Waals surface area contributed by atoms with Crippen LogP contribution in [-0.2, 0) is 0 Å². The summed E-state index contributed by atoms with van der Waals surface area (Å²) in [7, 11) is 0.